The molecule has 13 nitrogen and oxygen atoms in total. The van der Waals surface area contributed by atoms with Crippen molar-refractivity contribution in [1.82, 2.24) is 0 Å². The molecule has 0 spiro atoms. The van der Waals surface area contributed by atoms with Crippen LogP contribution in [0, 0.1) is 0 Å². The zero-order valence-electron chi connectivity index (χ0n) is 34.4. The van der Waals surface area contributed by atoms with Crippen LogP contribution >= 0.6 is 7.82 Å². The number of unbranched alkanes of at least 4 members (excludes halogenated alkanes) is 19. The van der Waals surface area contributed by atoms with E-state index in [1.165, 1.54) is 57.8 Å². The minimum atomic E-state index is -5.11. The van der Waals surface area contributed by atoms with E-state index in [1.54, 1.807) is 0 Å². The van der Waals surface area contributed by atoms with Crippen LogP contribution in [0.5, 0.6) is 0 Å². The average Bonchev–Trinajstić information content (AvgIpc) is 3.18. The second kappa shape index (κ2) is 33.2. The van der Waals surface area contributed by atoms with E-state index < -0.39 is 75.7 Å². The van der Waals surface area contributed by atoms with Gasteiger partial charge in [-0.2, -0.15) is 0 Å². The molecule has 6 unspecified atom stereocenters. The topological polar surface area (TPSA) is 210 Å². The first kappa shape index (κ1) is 52.3. The maximum absolute atomic E-state index is 12.8. The molecule has 1 aliphatic carbocycles. The molecule has 0 aliphatic heterocycles. The third-order valence-electron chi connectivity index (χ3n) is 10.0. The van der Waals surface area contributed by atoms with E-state index in [-0.39, 0.29) is 12.8 Å². The van der Waals surface area contributed by atoms with E-state index in [2.05, 4.69) is 38.2 Å². The van der Waals surface area contributed by atoms with Crippen LogP contribution in [0.15, 0.2) is 24.3 Å². The highest BCUT2D eigenvalue weighted by atomic mass is 31.2. The first-order chi connectivity index (χ1) is 26.9. The summed E-state index contributed by atoms with van der Waals surface area (Å²) in [5, 5.41) is 50.0. The SMILES string of the molecule is CCCCC/C=C/CCCCCCCC(=O)O[C@@H](COC(=O)CCCCCCC/C=C/CCCCCCCC)COP(=O)(O)OC1C(O)C(O)C(O)[C@H](O)C1O. The Kier molecular flexibility index (Phi) is 31.0. The van der Waals surface area contributed by atoms with E-state index in [1.807, 2.05) is 0 Å². The van der Waals surface area contributed by atoms with Crippen LogP contribution in [0.4, 0.5) is 0 Å². The fourth-order valence-electron chi connectivity index (χ4n) is 6.45. The lowest BCUT2D eigenvalue weighted by atomic mass is 9.85. The number of aliphatic hydroxyl groups is 5. The summed E-state index contributed by atoms with van der Waals surface area (Å²) in [5.41, 5.74) is 0. The normalized spacial score (nSPS) is 23.1. The Labute approximate surface area is 336 Å². The van der Waals surface area contributed by atoms with Gasteiger partial charge in [0.15, 0.2) is 6.10 Å². The van der Waals surface area contributed by atoms with Crippen molar-refractivity contribution in [2.75, 3.05) is 13.2 Å². The molecule has 0 aromatic rings. The van der Waals surface area contributed by atoms with Gasteiger partial charge in [0.05, 0.1) is 6.61 Å². The number of hydrogen-bond donors (Lipinski definition) is 6. The highest BCUT2D eigenvalue weighted by molar-refractivity contribution is 7.47. The molecular formula is C42H77O13P. The maximum Gasteiger partial charge on any atom is 0.472 e. The van der Waals surface area contributed by atoms with Gasteiger partial charge in [0, 0.05) is 12.8 Å². The molecule has 0 bridgehead atoms. The second-order valence-electron chi connectivity index (χ2n) is 15.2. The summed E-state index contributed by atoms with van der Waals surface area (Å²) >= 11 is 0. The molecule has 6 N–H and O–H groups in total. The fourth-order valence-corrected chi connectivity index (χ4v) is 7.42. The number of phosphoric ester groups is 1. The molecule has 56 heavy (non-hydrogen) atoms. The van der Waals surface area contributed by atoms with Crippen molar-refractivity contribution < 1.29 is 63.1 Å². The van der Waals surface area contributed by atoms with E-state index in [0.29, 0.717) is 12.8 Å². The summed E-state index contributed by atoms with van der Waals surface area (Å²) in [4.78, 5) is 35.6. The molecule has 1 fully saturated rings. The van der Waals surface area contributed by atoms with Crippen molar-refractivity contribution in [2.45, 2.75) is 217 Å². The van der Waals surface area contributed by atoms with Gasteiger partial charge in [-0.3, -0.25) is 18.6 Å². The average molecular weight is 821 g/mol. The standard InChI is InChI=1S/C42H77O13P/c1-3-5-7-9-11-13-15-17-18-19-21-22-24-26-28-30-35(43)52-32-34(54-36(44)31-29-27-25-23-20-16-14-12-10-8-6-4-2)33-53-56(50,51)55-42-40(48)38(46)37(45)39(47)41(42)49/h12,14,17-18,34,37-42,45-49H,3-11,13,15-16,19-33H2,1-2H3,(H,50,51)/b14-12+,18-17+/t34-,37?,38-,39?,40?,41?,42?/m0/s1. The number of phosphoric acid groups is 1. The molecule has 328 valence electrons. The minimum absolute atomic E-state index is 0.0859. The van der Waals surface area contributed by atoms with Crippen molar-refractivity contribution in [3.63, 3.8) is 0 Å². The molecule has 1 aliphatic rings. The molecule has 0 saturated heterocycles. The summed E-state index contributed by atoms with van der Waals surface area (Å²) in [6, 6.07) is 0. The Morgan fingerprint density at radius 2 is 0.911 bits per heavy atom. The number of carbonyl (C=O) groups is 2. The number of aliphatic hydroxyl groups excluding tert-OH is 5. The number of carbonyl (C=O) groups excluding carboxylic acids is 2. The lowest BCUT2D eigenvalue weighted by molar-refractivity contribution is -0.220. The first-order valence-corrected chi connectivity index (χ1v) is 23.1. The van der Waals surface area contributed by atoms with Gasteiger partial charge in [0.1, 0.15) is 43.2 Å². The van der Waals surface area contributed by atoms with Gasteiger partial charge in [-0.05, 0) is 64.2 Å². The predicted octanol–water partition coefficient (Wildman–Crippen LogP) is 7.67. The van der Waals surface area contributed by atoms with Crippen LogP contribution in [0.2, 0.25) is 0 Å². The van der Waals surface area contributed by atoms with Gasteiger partial charge in [-0.25, -0.2) is 4.57 Å². The maximum atomic E-state index is 12.8. The minimum Gasteiger partial charge on any atom is -0.462 e. The highest BCUT2D eigenvalue weighted by Crippen LogP contribution is 2.47. The van der Waals surface area contributed by atoms with Crippen LogP contribution in [0.25, 0.3) is 0 Å². The zero-order chi connectivity index (χ0) is 41.4. The molecule has 0 amide bonds. The van der Waals surface area contributed by atoms with E-state index in [9.17, 15) is 44.6 Å². The van der Waals surface area contributed by atoms with Gasteiger partial charge in [0.25, 0.3) is 0 Å². The van der Waals surface area contributed by atoms with Gasteiger partial charge in [-0.15, -0.1) is 0 Å². The number of esters is 2. The summed E-state index contributed by atoms with van der Waals surface area (Å²) in [6.45, 7) is 3.24. The Bertz CT molecular complexity index is 1090. The van der Waals surface area contributed by atoms with E-state index in [4.69, 9.17) is 18.5 Å². The van der Waals surface area contributed by atoms with Gasteiger partial charge in [-0.1, -0.05) is 122 Å². The Balaban J connectivity index is 2.50. The third kappa shape index (κ3) is 25.6. The number of ether oxygens (including phenoxy) is 2. The van der Waals surface area contributed by atoms with Crippen molar-refractivity contribution >= 4 is 19.8 Å². The molecule has 1 rings (SSSR count). The summed E-state index contributed by atoms with van der Waals surface area (Å²) in [7, 11) is -5.11. The summed E-state index contributed by atoms with van der Waals surface area (Å²) in [6.07, 6.45) is 21.0. The second-order valence-corrected chi connectivity index (χ2v) is 16.6. The predicted molar refractivity (Wildman–Crippen MR) is 217 cm³/mol. The molecule has 14 heteroatoms. The molecule has 0 heterocycles. The zero-order valence-corrected chi connectivity index (χ0v) is 35.3. The molecule has 0 aromatic heterocycles. The van der Waals surface area contributed by atoms with Crippen molar-refractivity contribution in [3.8, 4) is 0 Å². The molecular weight excluding hydrogens is 743 g/mol. The van der Waals surface area contributed by atoms with Crippen molar-refractivity contribution in [3.05, 3.63) is 24.3 Å². The summed E-state index contributed by atoms with van der Waals surface area (Å²) in [5.74, 6) is -1.12. The van der Waals surface area contributed by atoms with Crippen molar-refractivity contribution in [2.24, 2.45) is 0 Å². The Morgan fingerprint density at radius 3 is 1.39 bits per heavy atom. The van der Waals surface area contributed by atoms with Gasteiger partial charge < -0.3 is 39.9 Å². The van der Waals surface area contributed by atoms with Gasteiger partial charge >= 0.3 is 19.8 Å². The highest BCUT2D eigenvalue weighted by Gasteiger charge is 2.51. The van der Waals surface area contributed by atoms with Crippen molar-refractivity contribution in [1.29, 1.82) is 0 Å². The van der Waals surface area contributed by atoms with Crippen LogP contribution in [-0.2, 0) is 32.7 Å². The number of rotatable bonds is 35. The summed E-state index contributed by atoms with van der Waals surface area (Å²) < 4.78 is 33.4. The van der Waals surface area contributed by atoms with Crippen LogP contribution < -0.4 is 0 Å². The van der Waals surface area contributed by atoms with Crippen LogP contribution in [0.1, 0.15) is 174 Å². The van der Waals surface area contributed by atoms with E-state index >= 15 is 0 Å². The van der Waals surface area contributed by atoms with Crippen LogP contribution in [0.3, 0.4) is 0 Å². The quantitative estimate of drug-likeness (QED) is 0.0157. The molecule has 0 aromatic carbocycles. The fraction of sp³-hybridized carbons (Fsp3) is 0.857. The largest absolute Gasteiger partial charge is 0.472 e. The lowest BCUT2D eigenvalue weighted by Gasteiger charge is -2.41. The first-order valence-electron chi connectivity index (χ1n) is 21.6. The molecule has 0 radical (unpaired) electrons. The monoisotopic (exact) mass is 821 g/mol. The number of hydrogen-bond acceptors (Lipinski definition) is 12. The van der Waals surface area contributed by atoms with Crippen LogP contribution in [-0.4, -0.2) is 98.3 Å². The lowest BCUT2D eigenvalue weighted by Crippen LogP contribution is -2.64. The Hall–Kier alpha value is -1.67. The Morgan fingerprint density at radius 1 is 0.536 bits per heavy atom. The smallest absolute Gasteiger partial charge is 0.462 e. The van der Waals surface area contributed by atoms with Gasteiger partial charge in [0.2, 0.25) is 0 Å². The molecule has 8 atom stereocenters. The number of allylic oxidation sites excluding steroid dienone is 4. The third-order valence-corrected chi connectivity index (χ3v) is 11.0. The molecule has 1 saturated carbocycles. The van der Waals surface area contributed by atoms with E-state index in [0.717, 1.165) is 77.0 Å².